The van der Waals surface area contributed by atoms with Gasteiger partial charge in [-0.2, -0.15) is 0 Å². The molecule has 17 heavy (non-hydrogen) atoms. The molecule has 1 aliphatic carbocycles. The van der Waals surface area contributed by atoms with E-state index in [2.05, 4.69) is 10.6 Å². The van der Waals surface area contributed by atoms with Crippen LogP contribution in [0, 0.1) is 0 Å². The van der Waals surface area contributed by atoms with Crippen molar-refractivity contribution in [2.24, 2.45) is 0 Å². The predicted molar refractivity (Wildman–Crippen MR) is 61.8 cm³/mol. The number of hydrogen-bond donors (Lipinski definition) is 3. The van der Waals surface area contributed by atoms with Crippen LogP contribution in [0.5, 0.6) is 0 Å². The van der Waals surface area contributed by atoms with E-state index >= 15 is 0 Å². The highest BCUT2D eigenvalue weighted by Gasteiger charge is 2.35. The molecule has 0 aliphatic heterocycles. The Kier molecular flexibility index (Phi) is 4.34. The Morgan fingerprint density at radius 3 is 2.47 bits per heavy atom. The predicted octanol–water partition coefficient (Wildman–Crippen LogP) is 0.716. The second kappa shape index (κ2) is 5.35. The van der Waals surface area contributed by atoms with Gasteiger partial charge in [-0.25, -0.2) is 9.59 Å². The third kappa shape index (κ3) is 3.33. The molecular formula is C11H20N2O4. The van der Waals surface area contributed by atoms with Crippen LogP contribution >= 0.6 is 0 Å². The van der Waals surface area contributed by atoms with Crippen LogP contribution in [0.2, 0.25) is 0 Å². The first-order chi connectivity index (χ1) is 7.91. The van der Waals surface area contributed by atoms with Crippen LogP contribution in [0.1, 0.15) is 33.1 Å². The minimum Gasteiger partial charge on any atom is -0.480 e. The summed E-state index contributed by atoms with van der Waals surface area (Å²) in [7, 11) is 1.64. The fourth-order valence-corrected chi connectivity index (χ4v) is 1.64. The first-order valence-corrected chi connectivity index (χ1v) is 5.76. The van der Waals surface area contributed by atoms with Crippen LogP contribution in [-0.4, -0.2) is 41.9 Å². The molecule has 6 nitrogen and oxygen atoms in total. The summed E-state index contributed by atoms with van der Waals surface area (Å²) in [4.78, 5) is 22.6. The quantitative estimate of drug-likeness (QED) is 0.665. The van der Waals surface area contributed by atoms with Gasteiger partial charge < -0.3 is 20.5 Å². The highest BCUT2D eigenvalue weighted by atomic mass is 16.5. The van der Waals surface area contributed by atoms with Crippen LogP contribution < -0.4 is 10.6 Å². The molecule has 2 amide bonds. The lowest BCUT2D eigenvalue weighted by atomic mass is 9.89. The van der Waals surface area contributed by atoms with Crippen LogP contribution in [0.25, 0.3) is 0 Å². The zero-order valence-corrected chi connectivity index (χ0v) is 10.4. The summed E-state index contributed by atoms with van der Waals surface area (Å²) < 4.78 is 5.09. The second-order valence-electron chi connectivity index (χ2n) is 4.62. The maximum atomic E-state index is 11.6. The molecule has 0 bridgehead atoms. The van der Waals surface area contributed by atoms with Crippen molar-refractivity contribution in [3.63, 3.8) is 0 Å². The van der Waals surface area contributed by atoms with Gasteiger partial charge >= 0.3 is 12.0 Å². The Hall–Kier alpha value is -1.30. The van der Waals surface area contributed by atoms with Gasteiger partial charge in [-0.05, 0) is 26.2 Å². The van der Waals surface area contributed by atoms with E-state index in [9.17, 15) is 9.59 Å². The largest absolute Gasteiger partial charge is 0.480 e. The Bertz CT molecular complexity index is 302. The summed E-state index contributed by atoms with van der Waals surface area (Å²) in [6, 6.07) is -0.355. The van der Waals surface area contributed by atoms with E-state index in [1.165, 1.54) is 6.92 Å². The van der Waals surface area contributed by atoms with Crippen LogP contribution in [0.4, 0.5) is 4.79 Å². The van der Waals surface area contributed by atoms with Gasteiger partial charge in [0.25, 0.3) is 0 Å². The molecule has 1 rings (SSSR count). The minimum atomic E-state index is -1.21. The number of aliphatic carboxylic acids is 1. The van der Waals surface area contributed by atoms with Crippen molar-refractivity contribution < 1.29 is 19.4 Å². The number of carboxylic acid groups (broad SMARTS) is 1. The summed E-state index contributed by atoms with van der Waals surface area (Å²) in [5.41, 5.74) is -1.21. The molecule has 0 heterocycles. The number of amides is 2. The Morgan fingerprint density at radius 2 is 2.06 bits per heavy atom. The number of nitrogens with one attached hydrogen (secondary N) is 2. The molecule has 0 radical (unpaired) electrons. The summed E-state index contributed by atoms with van der Waals surface area (Å²) in [6.45, 7) is 3.21. The summed E-state index contributed by atoms with van der Waals surface area (Å²) in [5, 5.41) is 14.2. The summed E-state index contributed by atoms with van der Waals surface area (Å²) in [6.07, 6.45) is 2.10. The van der Waals surface area contributed by atoms with Gasteiger partial charge in [0.15, 0.2) is 0 Å². The van der Waals surface area contributed by atoms with Crippen LogP contribution in [0.3, 0.4) is 0 Å². The summed E-state index contributed by atoms with van der Waals surface area (Å²) in [5.74, 6) is -1.03. The van der Waals surface area contributed by atoms with Crippen LogP contribution in [0.15, 0.2) is 0 Å². The molecule has 0 aromatic rings. The number of methoxy groups -OCH3 is 1. The SMILES string of the molecule is CCC(C)(NC(=O)NC1CC(OC)C1)C(=O)O. The van der Waals surface area contributed by atoms with Crippen molar-refractivity contribution in [1.82, 2.24) is 10.6 Å². The zero-order chi connectivity index (χ0) is 13.1. The van der Waals surface area contributed by atoms with E-state index in [0.717, 1.165) is 12.8 Å². The van der Waals surface area contributed by atoms with Gasteiger partial charge in [0.05, 0.1) is 6.10 Å². The molecular weight excluding hydrogens is 224 g/mol. The molecule has 0 spiro atoms. The van der Waals surface area contributed by atoms with Gasteiger partial charge in [-0.1, -0.05) is 6.92 Å². The lowest BCUT2D eigenvalue weighted by Gasteiger charge is -2.35. The zero-order valence-electron chi connectivity index (χ0n) is 10.4. The highest BCUT2D eigenvalue weighted by molar-refractivity contribution is 5.85. The molecule has 6 heteroatoms. The van der Waals surface area contributed by atoms with Gasteiger partial charge in [-0.3, -0.25) is 0 Å². The Balaban J connectivity index is 2.37. The smallest absolute Gasteiger partial charge is 0.329 e. The normalized spacial score (nSPS) is 26.5. The van der Waals surface area contributed by atoms with E-state index in [-0.39, 0.29) is 12.1 Å². The lowest BCUT2D eigenvalue weighted by Crippen LogP contribution is -2.58. The molecule has 0 aromatic heterocycles. The van der Waals surface area contributed by atoms with Gasteiger partial charge in [0.2, 0.25) is 0 Å². The number of urea groups is 1. The molecule has 0 saturated heterocycles. The van der Waals surface area contributed by atoms with Gasteiger partial charge in [0.1, 0.15) is 5.54 Å². The molecule has 1 fully saturated rings. The molecule has 1 aliphatic rings. The molecule has 0 aromatic carbocycles. The molecule has 98 valence electrons. The average molecular weight is 244 g/mol. The molecule has 3 N–H and O–H groups in total. The first-order valence-electron chi connectivity index (χ1n) is 5.76. The van der Waals surface area contributed by atoms with Crippen molar-refractivity contribution in [3.8, 4) is 0 Å². The third-order valence-electron chi connectivity index (χ3n) is 3.33. The Labute approximate surface area is 101 Å². The summed E-state index contributed by atoms with van der Waals surface area (Å²) >= 11 is 0. The highest BCUT2D eigenvalue weighted by Crippen LogP contribution is 2.22. The van der Waals surface area contributed by atoms with Crippen molar-refractivity contribution in [2.45, 2.75) is 50.8 Å². The van der Waals surface area contributed by atoms with E-state index < -0.39 is 17.5 Å². The number of carbonyl (C=O) groups excluding carboxylic acids is 1. The first kappa shape index (κ1) is 13.8. The Morgan fingerprint density at radius 1 is 1.47 bits per heavy atom. The standard InChI is InChI=1S/C11H20N2O4/c1-4-11(2,9(14)15)13-10(16)12-7-5-8(6-7)17-3/h7-8H,4-6H2,1-3H3,(H,14,15)(H2,12,13,16). The van der Waals surface area contributed by atoms with E-state index in [0.29, 0.717) is 6.42 Å². The maximum absolute atomic E-state index is 11.6. The topological polar surface area (TPSA) is 87.7 Å². The van der Waals surface area contributed by atoms with Crippen molar-refractivity contribution in [3.05, 3.63) is 0 Å². The monoisotopic (exact) mass is 244 g/mol. The van der Waals surface area contributed by atoms with Crippen molar-refractivity contribution in [2.75, 3.05) is 7.11 Å². The van der Waals surface area contributed by atoms with Crippen molar-refractivity contribution >= 4 is 12.0 Å². The fraction of sp³-hybridized carbons (Fsp3) is 0.818. The van der Waals surface area contributed by atoms with E-state index in [1.807, 2.05) is 0 Å². The second-order valence-corrected chi connectivity index (χ2v) is 4.62. The number of ether oxygens (including phenoxy) is 1. The van der Waals surface area contributed by atoms with Crippen LogP contribution in [-0.2, 0) is 9.53 Å². The number of carbonyl (C=O) groups is 2. The third-order valence-corrected chi connectivity index (χ3v) is 3.33. The number of hydrogen-bond acceptors (Lipinski definition) is 3. The average Bonchev–Trinajstić information content (AvgIpc) is 2.22. The molecule has 1 unspecified atom stereocenters. The van der Waals surface area contributed by atoms with Gasteiger partial charge in [0, 0.05) is 13.2 Å². The minimum absolute atomic E-state index is 0.0786. The van der Waals surface area contributed by atoms with Gasteiger partial charge in [-0.15, -0.1) is 0 Å². The maximum Gasteiger partial charge on any atom is 0.329 e. The van der Waals surface area contributed by atoms with E-state index in [4.69, 9.17) is 9.84 Å². The fourth-order valence-electron chi connectivity index (χ4n) is 1.64. The number of rotatable bonds is 5. The van der Waals surface area contributed by atoms with Crippen molar-refractivity contribution in [1.29, 1.82) is 0 Å². The molecule has 1 saturated carbocycles. The molecule has 1 atom stereocenters. The van der Waals surface area contributed by atoms with E-state index in [1.54, 1.807) is 14.0 Å². The number of carboxylic acids is 1. The lowest BCUT2D eigenvalue weighted by molar-refractivity contribution is -0.143.